The largest absolute Gasteiger partial charge is 0.481 e. The first-order chi connectivity index (χ1) is 13.0. The second-order valence-electron chi connectivity index (χ2n) is 8.94. The number of hydrogen-bond donors (Lipinski definition) is 3. The van der Waals surface area contributed by atoms with Crippen LogP contribution in [0.3, 0.4) is 0 Å². The second kappa shape index (κ2) is 9.07. The number of carboxylic acids is 1. The van der Waals surface area contributed by atoms with Crippen LogP contribution < -0.4 is 10.6 Å². The fourth-order valence-electron chi connectivity index (χ4n) is 3.58. The highest BCUT2D eigenvalue weighted by molar-refractivity contribution is 7.17. The van der Waals surface area contributed by atoms with E-state index in [1.165, 1.54) is 16.2 Å². The Bertz CT molecular complexity index is 746. The number of carbonyl (C=O) groups excluding carboxylic acids is 2. The van der Waals surface area contributed by atoms with Gasteiger partial charge in [-0.25, -0.2) is 0 Å². The van der Waals surface area contributed by atoms with Gasteiger partial charge in [-0.2, -0.15) is 0 Å². The van der Waals surface area contributed by atoms with Crippen LogP contribution in [0.4, 0.5) is 5.00 Å². The minimum Gasteiger partial charge on any atom is -0.481 e. The van der Waals surface area contributed by atoms with Gasteiger partial charge in [0.2, 0.25) is 5.91 Å². The summed E-state index contributed by atoms with van der Waals surface area (Å²) in [6, 6.07) is 0.00748. The first-order valence-electron chi connectivity index (χ1n) is 9.96. The van der Waals surface area contributed by atoms with Crippen molar-refractivity contribution in [3.05, 3.63) is 16.0 Å². The maximum atomic E-state index is 12.8. The molecule has 0 aliphatic heterocycles. The Morgan fingerprint density at radius 2 is 1.89 bits per heavy atom. The lowest BCUT2D eigenvalue weighted by molar-refractivity contribution is -0.137. The van der Waals surface area contributed by atoms with E-state index in [-0.39, 0.29) is 42.5 Å². The highest BCUT2D eigenvalue weighted by Crippen LogP contribution is 2.44. The van der Waals surface area contributed by atoms with E-state index < -0.39 is 5.97 Å². The monoisotopic (exact) mass is 408 g/mol. The average molecular weight is 409 g/mol. The molecule has 1 aromatic rings. The number of aliphatic carboxylic acids is 1. The van der Waals surface area contributed by atoms with E-state index in [1.54, 1.807) is 0 Å². The minimum absolute atomic E-state index is 0.00748. The molecule has 0 radical (unpaired) electrons. The fraction of sp³-hybridized carbons (Fsp3) is 0.667. The van der Waals surface area contributed by atoms with Crippen LogP contribution in [0, 0.1) is 11.3 Å². The molecule has 1 aliphatic rings. The predicted octanol–water partition coefficient (Wildman–Crippen LogP) is 4.23. The second-order valence-corrected chi connectivity index (χ2v) is 10.0. The molecular formula is C21H32N2O4S. The summed E-state index contributed by atoms with van der Waals surface area (Å²) in [5.74, 6) is -0.767. The first-order valence-corrected chi connectivity index (χ1v) is 10.8. The van der Waals surface area contributed by atoms with Crippen LogP contribution in [-0.2, 0) is 22.4 Å². The topological polar surface area (TPSA) is 95.5 Å². The van der Waals surface area contributed by atoms with Crippen molar-refractivity contribution in [3.63, 3.8) is 0 Å². The summed E-state index contributed by atoms with van der Waals surface area (Å²) in [6.45, 7) is 10.6. The summed E-state index contributed by atoms with van der Waals surface area (Å²) in [6.07, 6.45) is 3.16. The minimum atomic E-state index is -0.912. The van der Waals surface area contributed by atoms with Gasteiger partial charge in [-0.1, -0.05) is 20.8 Å². The summed E-state index contributed by atoms with van der Waals surface area (Å²) in [5.41, 5.74) is 1.85. The van der Waals surface area contributed by atoms with Gasteiger partial charge >= 0.3 is 5.97 Å². The third kappa shape index (κ3) is 5.80. The van der Waals surface area contributed by atoms with Crippen LogP contribution in [0.5, 0.6) is 0 Å². The smallest absolute Gasteiger partial charge is 0.303 e. The van der Waals surface area contributed by atoms with Crippen LogP contribution in [0.2, 0.25) is 0 Å². The van der Waals surface area contributed by atoms with Crippen LogP contribution in [0.15, 0.2) is 0 Å². The molecule has 0 aromatic carbocycles. The molecule has 0 saturated heterocycles. The molecule has 1 atom stereocenters. The van der Waals surface area contributed by atoms with Gasteiger partial charge in [-0.05, 0) is 56.4 Å². The molecule has 0 saturated carbocycles. The number of rotatable bonds is 7. The Morgan fingerprint density at radius 1 is 1.21 bits per heavy atom. The first kappa shape index (κ1) is 22.4. The standard InChI is InChI=1S/C21H32N2O4S/c1-12(2)22-19(27)18-14-10-9-13(21(3,4)5)11-15(14)28-20(18)23-16(24)7-6-8-17(25)26/h12-13H,6-11H2,1-5H3,(H,22,27)(H,23,24)(H,25,26)/t13-/m1/s1. The molecular weight excluding hydrogens is 376 g/mol. The average Bonchev–Trinajstić information content (AvgIpc) is 2.89. The van der Waals surface area contributed by atoms with E-state index in [0.29, 0.717) is 16.5 Å². The van der Waals surface area contributed by atoms with Gasteiger partial charge in [0.25, 0.3) is 5.91 Å². The van der Waals surface area contributed by atoms with Gasteiger partial charge in [0.1, 0.15) is 5.00 Å². The zero-order chi connectivity index (χ0) is 21.1. The zero-order valence-corrected chi connectivity index (χ0v) is 18.3. The molecule has 2 amide bonds. The maximum absolute atomic E-state index is 12.8. The molecule has 7 heteroatoms. The van der Waals surface area contributed by atoms with Crippen LogP contribution in [0.25, 0.3) is 0 Å². The Balaban J connectivity index is 2.26. The molecule has 6 nitrogen and oxygen atoms in total. The molecule has 0 spiro atoms. The predicted molar refractivity (Wildman–Crippen MR) is 112 cm³/mol. The van der Waals surface area contributed by atoms with Crippen LogP contribution >= 0.6 is 11.3 Å². The number of carboxylic acid groups (broad SMARTS) is 1. The summed E-state index contributed by atoms with van der Waals surface area (Å²) in [5, 5.41) is 15.2. The van der Waals surface area contributed by atoms with Crippen molar-refractivity contribution in [1.29, 1.82) is 0 Å². The van der Waals surface area contributed by atoms with E-state index in [1.807, 2.05) is 13.8 Å². The number of carbonyl (C=O) groups is 3. The molecule has 156 valence electrons. The van der Waals surface area contributed by atoms with Gasteiger partial charge in [-0.15, -0.1) is 11.3 Å². The molecule has 1 heterocycles. The molecule has 28 heavy (non-hydrogen) atoms. The Morgan fingerprint density at radius 3 is 2.46 bits per heavy atom. The number of amides is 2. The Hall–Kier alpha value is -1.89. The number of fused-ring (bicyclic) bond motifs is 1. The van der Waals surface area contributed by atoms with E-state index in [9.17, 15) is 14.4 Å². The highest BCUT2D eigenvalue weighted by atomic mass is 32.1. The fourth-order valence-corrected chi connectivity index (χ4v) is 4.92. The van der Waals surface area contributed by atoms with Gasteiger partial charge in [-0.3, -0.25) is 14.4 Å². The van der Waals surface area contributed by atoms with Crippen molar-refractivity contribution >= 4 is 34.1 Å². The summed E-state index contributed by atoms with van der Waals surface area (Å²) in [4.78, 5) is 37.0. The van der Waals surface area contributed by atoms with Crippen molar-refractivity contribution in [2.45, 2.75) is 79.2 Å². The van der Waals surface area contributed by atoms with Gasteiger partial charge < -0.3 is 15.7 Å². The van der Waals surface area contributed by atoms with Crippen LogP contribution in [-0.4, -0.2) is 28.9 Å². The van der Waals surface area contributed by atoms with Gasteiger partial charge in [0.15, 0.2) is 0 Å². The molecule has 3 N–H and O–H groups in total. The van der Waals surface area contributed by atoms with E-state index >= 15 is 0 Å². The number of hydrogen-bond acceptors (Lipinski definition) is 4. The van der Waals surface area contributed by atoms with Crippen molar-refractivity contribution in [2.24, 2.45) is 11.3 Å². The Kier molecular flexibility index (Phi) is 7.26. The zero-order valence-electron chi connectivity index (χ0n) is 17.5. The lowest BCUT2D eigenvalue weighted by atomic mass is 9.72. The van der Waals surface area contributed by atoms with Crippen molar-refractivity contribution in [3.8, 4) is 0 Å². The molecule has 0 unspecified atom stereocenters. The number of nitrogens with one attached hydrogen (secondary N) is 2. The van der Waals surface area contributed by atoms with E-state index in [0.717, 1.165) is 24.8 Å². The SMILES string of the molecule is CC(C)NC(=O)c1c(NC(=O)CCCC(=O)O)sc2c1CC[C@@H](C(C)(C)C)C2. The summed E-state index contributed by atoms with van der Waals surface area (Å²) < 4.78 is 0. The summed E-state index contributed by atoms with van der Waals surface area (Å²) >= 11 is 1.50. The van der Waals surface area contributed by atoms with Crippen molar-refractivity contribution in [2.75, 3.05) is 5.32 Å². The third-order valence-electron chi connectivity index (χ3n) is 5.18. The molecule has 0 bridgehead atoms. The lowest BCUT2D eigenvalue weighted by Gasteiger charge is -2.33. The van der Waals surface area contributed by atoms with Gasteiger partial charge in [0, 0.05) is 23.8 Å². The normalized spacial score (nSPS) is 16.6. The summed E-state index contributed by atoms with van der Waals surface area (Å²) in [7, 11) is 0. The number of anilines is 1. The van der Waals surface area contributed by atoms with Gasteiger partial charge in [0.05, 0.1) is 5.56 Å². The molecule has 2 rings (SSSR count). The molecule has 1 aromatic heterocycles. The van der Waals surface area contributed by atoms with E-state index in [4.69, 9.17) is 5.11 Å². The maximum Gasteiger partial charge on any atom is 0.303 e. The number of thiophene rings is 1. The van der Waals surface area contributed by atoms with Crippen molar-refractivity contribution < 1.29 is 19.5 Å². The highest BCUT2D eigenvalue weighted by Gasteiger charge is 2.34. The molecule has 0 fully saturated rings. The molecule has 1 aliphatic carbocycles. The van der Waals surface area contributed by atoms with Crippen molar-refractivity contribution in [1.82, 2.24) is 5.32 Å². The lowest BCUT2D eigenvalue weighted by Crippen LogP contribution is -2.32. The quantitative estimate of drug-likeness (QED) is 0.629. The third-order valence-corrected chi connectivity index (χ3v) is 6.35. The Labute approximate surface area is 171 Å². The van der Waals surface area contributed by atoms with E-state index in [2.05, 4.69) is 31.4 Å². The van der Waals surface area contributed by atoms with Crippen LogP contribution in [0.1, 0.15) is 81.1 Å².